The first-order valence-corrected chi connectivity index (χ1v) is 3.95. The van der Waals surface area contributed by atoms with Crippen LogP contribution in [0.4, 0.5) is 0 Å². The lowest BCUT2D eigenvalue weighted by Gasteiger charge is -1.96. The number of amides is 1. The highest BCUT2D eigenvalue weighted by atomic mass is 16.5. The number of para-hydroxylation sites is 1. The van der Waals surface area contributed by atoms with Crippen LogP contribution in [0.3, 0.4) is 0 Å². The largest absolute Gasteiger partial charge is 0.507 e. The highest BCUT2D eigenvalue weighted by molar-refractivity contribution is 5.86. The zero-order valence-corrected chi connectivity index (χ0v) is 7.34. The van der Waals surface area contributed by atoms with Gasteiger partial charge in [-0.1, -0.05) is 12.1 Å². The molecule has 74 valence electrons. The van der Waals surface area contributed by atoms with Crippen LogP contribution < -0.4 is 5.48 Å². The normalized spacial score (nSPS) is 10.4. The van der Waals surface area contributed by atoms with Crippen LogP contribution >= 0.6 is 0 Å². The molecular weight excluding hydrogens is 184 g/mol. The number of aliphatic imine (C=N–C) groups is 1. The van der Waals surface area contributed by atoms with Crippen LogP contribution in [-0.2, 0) is 4.79 Å². The number of benzene rings is 1. The summed E-state index contributed by atoms with van der Waals surface area (Å²) in [7, 11) is 0. The van der Waals surface area contributed by atoms with Gasteiger partial charge < -0.3 is 5.11 Å². The molecule has 0 aliphatic rings. The molecule has 1 amide bonds. The Labute approximate surface area is 80.7 Å². The Morgan fingerprint density at radius 1 is 1.50 bits per heavy atom. The van der Waals surface area contributed by atoms with Gasteiger partial charge in [0.25, 0.3) is 5.91 Å². The van der Waals surface area contributed by atoms with Gasteiger partial charge in [-0.3, -0.25) is 15.0 Å². The topological polar surface area (TPSA) is 81.9 Å². The molecule has 0 unspecified atom stereocenters. The van der Waals surface area contributed by atoms with Gasteiger partial charge in [-0.2, -0.15) is 0 Å². The first-order chi connectivity index (χ1) is 6.74. The predicted molar refractivity (Wildman–Crippen MR) is 50.5 cm³/mol. The van der Waals surface area contributed by atoms with E-state index in [0.717, 1.165) is 0 Å². The molecule has 0 aliphatic heterocycles. The molecule has 0 bridgehead atoms. The first kappa shape index (κ1) is 10.2. The van der Waals surface area contributed by atoms with Crippen molar-refractivity contribution < 1.29 is 15.1 Å². The molecule has 1 aromatic rings. The van der Waals surface area contributed by atoms with Crippen molar-refractivity contribution in [3.63, 3.8) is 0 Å². The standard InChI is InChI=1S/C9H10N2O3/c12-8-4-2-1-3-7(8)5-10-6-9(13)11-14/h1-5,12,14H,6H2,(H,11,13). The van der Waals surface area contributed by atoms with Crippen LogP contribution in [-0.4, -0.2) is 29.0 Å². The van der Waals surface area contributed by atoms with E-state index in [4.69, 9.17) is 5.21 Å². The lowest BCUT2D eigenvalue weighted by Crippen LogP contribution is -2.21. The second-order valence-electron chi connectivity index (χ2n) is 2.56. The van der Waals surface area contributed by atoms with Crippen molar-refractivity contribution in [1.82, 2.24) is 5.48 Å². The van der Waals surface area contributed by atoms with Gasteiger partial charge in [-0.05, 0) is 12.1 Å². The summed E-state index contributed by atoms with van der Waals surface area (Å²) in [6.07, 6.45) is 1.37. The number of hydrogen-bond acceptors (Lipinski definition) is 4. The smallest absolute Gasteiger partial charge is 0.264 e. The molecule has 0 saturated carbocycles. The number of carbonyl (C=O) groups excluding carboxylic acids is 1. The highest BCUT2D eigenvalue weighted by Gasteiger charge is 1.96. The molecule has 0 saturated heterocycles. The van der Waals surface area contributed by atoms with Crippen molar-refractivity contribution in [3.8, 4) is 5.75 Å². The first-order valence-electron chi connectivity index (χ1n) is 3.95. The maximum atomic E-state index is 10.5. The summed E-state index contributed by atoms with van der Waals surface area (Å²) in [4.78, 5) is 14.3. The van der Waals surface area contributed by atoms with Gasteiger partial charge in [0, 0.05) is 11.8 Å². The minimum Gasteiger partial charge on any atom is -0.507 e. The number of phenols is 1. The molecule has 3 N–H and O–H groups in total. The van der Waals surface area contributed by atoms with Crippen molar-refractivity contribution in [2.24, 2.45) is 4.99 Å². The van der Waals surface area contributed by atoms with Gasteiger partial charge in [0.05, 0.1) is 0 Å². The maximum absolute atomic E-state index is 10.5. The third-order valence-corrected chi connectivity index (χ3v) is 1.53. The average Bonchev–Trinajstić information content (AvgIpc) is 2.20. The number of hydrogen-bond donors (Lipinski definition) is 3. The highest BCUT2D eigenvalue weighted by Crippen LogP contribution is 2.12. The van der Waals surface area contributed by atoms with E-state index in [-0.39, 0.29) is 12.3 Å². The van der Waals surface area contributed by atoms with Crippen molar-refractivity contribution >= 4 is 12.1 Å². The molecule has 0 spiro atoms. The zero-order chi connectivity index (χ0) is 10.4. The van der Waals surface area contributed by atoms with Crippen molar-refractivity contribution in [2.75, 3.05) is 6.54 Å². The molecule has 1 rings (SSSR count). The molecular formula is C9H10N2O3. The van der Waals surface area contributed by atoms with Gasteiger partial charge in [0.15, 0.2) is 0 Å². The van der Waals surface area contributed by atoms with E-state index in [1.54, 1.807) is 18.2 Å². The zero-order valence-electron chi connectivity index (χ0n) is 7.34. The van der Waals surface area contributed by atoms with Crippen molar-refractivity contribution in [2.45, 2.75) is 0 Å². The molecule has 0 atom stereocenters. The minimum atomic E-state index is -0.600. The second-order valence-corrected chi connectivity index (χ2v) is 2.56. The van der Waals surface area contributed by atoms with Gasteiger partial charge in [0.2, 0.25) is 0 Å². The van der Waals surface area contributed by atoms with E-state index in [2.05, 4.69) is 4.99 Å². The molecule has 5 heteroatoms. The summed E-state index contributed by atoms with van der Waals surface area (Å²) < 4.78 is 0. The molecule has 0 heterocycles. The monoisotopic (exact) mass is 194 g/mol. The third-order valence-electron chi connectivity index (χ3n) is 1.53. The average molecular weight is 194 g/mol. The summed E-state index contributed by atoms with van der Waals surface area (Å²) in [6, 6.07) is 6.61. The van der Waals surface area contributed by atoms with E-state index in [1.165, 1.54) is 17.8 Å². The molecule has 1 aromatic carbocycles. The van der Waals surface area contributed by atoms with Crippen LogP contribution in [0.1, 0.15) is 5.56 Å². The molecule has 0 aliphatic carbocycles. The van der Waals surface area contributed by atoms with Gasteiger partial charge in [-0.25, -0.2) is 5.48 Å². The lowest BCUT2D eigenvalue weighted by molar-refractivity contribution is -0.127. The number of rotatable bonds is 3. The molecule has 14 heavy (non-hydrogen) atoms. The number of aromatic hydroxyl groups is 1. The number of nitrogens with one attached hydrogen (secondary N) is 1. The number of hydroxylamine groups is 1. The van der Waals surface area contributed by atoms with Gasteiger partial charge in [-0.15, -0.1) is 0 Å². The fourth-order valence-electron chi connectivity index (χ4n) is 0.859. The summed E-state index contributed by atoms with van der Waals surface area (Å²) >= 11 is 0. The van der Waals surface area contributed by atoms with E-state index in [9.17, 15) is 9.90 Å². The van der Waals surface area contributed by atoms with Gasteiger partial charge >= 0.3 is 0 Å². The van der Waals surface area contributed by atoms with Crippen LogP contribution in [0.5, 0.6) is 5.75 Å². The Balaban J connectivity index is 2.60. The number of carbonyl (C=O) groups is 1. The summed E-state index contributed by atoms with van der Waals surface area (Å²) in [5, 5.41) is 17.5. The Hall–Kier alpha value is -1.88. The molecule has 0 aromatic heterocycles. The Morgan fingerprint density at radius 3 is 2.86 bits per heavy atom. The van der Waals surface area contributed by atoms with E-state index in [0.29, 0.717) is 5.56 Å². The third kappa shape index (κ3) is 2.87. The van der Waals surface area contributed by atoms with Crippen LogP contribution in [0.15, 0.2) is 29.3 Å². The number of nitrogens with zero attached hydrogens (tertiary/aromatic N) is 1. The predicted octanol–water partition coefficient (Wildman–Crippen LogP) is 0.316. The van der Waals surface area contributed by atoms with E-state index < -0.39 is 5.91 Å². The van der Waals surface area contributed by atoms with E-state index >= 15 is 0 Å². The quantitative estimate of drug-likeness (QED) is 0.368. The Kier molecular flexibility index (Phi) is 3.63. The lowest BCUT2D eigenvalue weighted by atomic mass is 10.2. The van der Waals surface area contributed by atoms with Crippen molar-refractivity contribution in [3.05, 3.63) is 29.8 Å². The maximum Gasteiger partial charge on any atom is 0.264 e. The van der Waals surface area contributed by atoms with E-state index in [1.807, 2.05) is 0 Å². The van der Waals surface area contributed by atoms with Crippen LogP contribution in [0.2, 0.25) is 0 Å². The fraction of sp³-hybridized carbons (Fsp3) is 0.111. The summed E-state index contributed by atoms with van der Waals surface area (Å²) in [5.74, 6) is -0.502. The van der Waals surface area contributed by atoms with Crippen LogP contribution in [0, 0.1) is 0 Å². The SMILES string of the molecule is O=C(CN=Cc1ccccc1O)NO. The fourth-order valence-corrected chi connectivity index (χ4v) is 0.859. The molecule has 0 radical (unpaired) electrons. The number of phenolic OH excluding ortho intramolecular Hbond substituents is 1. The molecule has 0 fully saturated rings. The second kappa shape index (κ2) is 4.98. The minimum absolute atomic E-state index is 0.0978. The Bertz CT molecular complexity index is 350. The summed E-state index contributed by atoms with van der Waals surface area (Å²) in [6.45, 7) is -0.176. The summed E-state index contributed by atoms with van der Waals surface area (Å²) in [5.41, 5.74) is 1.98. The van der Waals surface area contributed by atoms with Gasteiger partial charge in [0.1, 0.15) is 12.3 Å². The Morgan fingerprint density at radius 2 is 2.21 bits per heavy atom. The van der Waals surface area contributed by atoms with Crippen LogP contribution in [0.25, 0.3) is 0 Å². The van der Waals surface area contributed by atoms with Crippen molar-refractivity contribution in [1.29, 1.82) is 0 Å². The molecule has 5 nitrogen and oxygen atoms in total.